The van der Waals surface area contributed by atoms with Gasteiger partial charge in [-0.2, -0.15) is 0 Å². The minimum Gasteiger partial charge on any atom is -0.508 e. The summed E-state index contributed by atoms with van der Waals surface area (Å²) in [6, 6.07) is 10.3. The summed E-state index contributed by atoms with van der Waals surface area (Å²) in [6.07, 6.45) is 3.79. The SMILES string of the molecule is CCCC(=O)c1cnc2c(OCCS(C)(=O)=O)cccc2c1Nc1ccc(O)cc1C. The van der Waals surface area contributed by atoms with Gasteiger partial charge in [-0.25, -0.2) is 8.42 Å². The summed E-state index contributed by atoms with van der Waals surface area (Å²) in [5.41, 5.74) is 3.17. The maximum absolute atomic E-state index is 12.8. The molecule has 3 rings (SSSR count). The minimum absolute atomic E-state index is 0.00990. The number of aromatic nitrogens is 1. The fourth-order valence-electron chi connectivity index (χ4n) is 3.25. The number of hydrogen-bond acceptors (Lipinski definition) is 7. The molecular formula is C23H26N2O5S. The third kappa shape index (κ3) is 5.52. The van der Waals surface area contributed by atoms with E-state index in [1.54, 1.807) is 30.3 Å². The standard InChI is InChI=1S/C23H26N2O5S/c1-4-6-20(27)18-14-24-23-17(7-5-8-21(23)30-11-12-31(3,28)29)22(18)25-19-10-9-16(26)13-15(19)2/h5,7-10,13-14,26H,4,6,11-12H2,1-3H3,(H,24,25). The van der Waals surface area contributed by atoms with Crippen molar-refractivity contribution < 1.29 is 23.1 Å². The van der Waals surface area contributed by atoms with Crippen molar-refractivity contribution >= 4 is 37.9 Å². The third-order valence-corrected chi connectivity index (χ3v) is 5.73. The predicted octanol–water partition coefficient (Wildman–Crippen LogP) is 4.40. The van der Waals surface area contributed by atoms with Gasteiger partial charge in [0.05, 0.1) is 17.0 Å². The van der Waals surface area contributed by atoms with Crippen molar-refractivity contribution in [1.29, 1.82) is 0 Å². The molecule has 0 bridgehead atoms. The number of Topliss-reactive ketones (excluding diaryl/α,β-unsaturated/α-hetero) is 1. The van der Waals surface area contributed by atoms with E-state index in [1.165, 1.54) is 6.20 Å². The number of phenols is 1. The highest BCUT2D eigenvalue weighted by atomic mass is 32.2. The summed E-state index contributed by atoms with van der Waals surface area (Å²) in [7, 11) is -3.15. The van der Waals surface area contributed by atoms with E-state index < -0.39 is 9.84 Å². The number of carbonyl (C=O) groups excluding carboxylic acids is 1. The molecular weight excluding hydrogens is 416 g/mol. The first-order chi connectivity index (χ1) is 14.7. The van der Waals surface area contributed by atoms with Gasteiger partial charge in [0.25, 0.3) is 0 Å². The topological polar surface area (TPSA) is 106 Å². The molecule has 0 fully saturated rings. The molecule has 1 aromatic heterocycles. The lowest BCUT2D eigenvalue weighted by atomic mass is 10.0. The number of aryl methyl sites for hydroxylation is 1. The number of hydrogen-bond donors (Lipinski definition) is 2. The number of para-hydroxylation sites is 1. The fourth-order valence-corrected chi connectivity index (χ4v) is 3.63. The van der Waals surface area contributed by atoms with Crippen LogP contribution < -0.4 is 10.1 Å². The van der Waals surface area contributed by atoms with Crippen molar-refractivity contribution in [3.63, 3.8) is 0 Å². The van der Waals surface area contributed by atoms with Crippen LogP contribution in [-0.2, 0) is 9.84 Å². The molecule has 0 unspecified atom stereocenters. The molecule has 0 atom stereocenters. The Balaban J connectivity index is 2.09. The van der Waals surface area contributed by atoms with Gasteiger partial charge in [0.15, 0.2) is 15.6 Å². The molecule has 3 aromatic rings. The monoisotopic (exact) mass is 442 g/mol. The zero-order valence-electron chi connectivity index (χ0n) is 17.8. The maximum Gasteiger partial charge on any atom is 0.166 e. The second kappa shape index (κ2) is 9.34. The van der Waals surface area contributed by atoms with Gasteiger partial charge in [-0.15, -0.1) is 0 Å². The number of carbonyl (C=O) groups is 1. The summed E-state index contributed by atoms with van der Waals surface area (Å²) in [4.78, 5) is 17.3. The smallest absolute Gasteiger partial charge is 0.166 e. The number of anilines is 2. The van der Waals surface area contributed by atoms with Crippen molar-refractivity contribution in [3.8, 4) is 11.5 Å². The van der Waals surface area contributed by atoms with Gasteiger partial charge in [-0.3, -0.25) is 9.78 Å². The molecule has 31 heavy (non-hydrogen) atoms. The average molecular weight is 443 g/mol. The molecule has 0 spiro atoms. The molecule has 0 aliphatic heterocycles. The fraction of sp³-hybridized carbons (Fsp3) is 0.304. The lowest BCUT2D eigenvalue weighted by Crippen LogP contribution is -2.12. The lowest BCUT2D eigenvalue weighted by Gasteiger charge is -2.17. The Morgan fingerprint density at radius 3 is 2.68 bits per heavy atom. The normalized spacial score (nSPS) is 11.5. The summed E-state index contributed by atoms with van der Waals surface area (Å²) >= 11 is 0. The number of pyridine rings is 1. The number of rotatable bonds is 9. The van der Waals surface area contributed by atoms with Gasteiger partial charge >= 0.3 is 0 Å². The van der Waals surface area contributed by atoms with Crippen molar-refractivity contribution in [2.75, 3.05) is 23.9 Å². The minimum atomic E-state index is -3.15. The molecule has 2 N–H and O–H groups in total. The van der Waals surface area contributed by atoms with E-state index in [2.05, 4.69) is 10.3 Å². The maximum atomic E-state index is 12.8. The van der Waals surface area contributed by atoms with E-state index in [-0.39, 0.29) is 23.9 Å². The van der Waals surface area contributed by atoms with Crippen LogP contribution in [0, 0.1) is 6.92 Å². The van der Waals surface area contributed by atoms with E-state index in [0.717, 1.165) is 17.5 Å². The van der Waals surface area contributed by atoms with Gasteiger partial charge in [0.1, 0.15) is 23.6 Å². The first-order valence-electron chi connectivity index (χ1n) is 10.0. The molecule has 1 heterocycles. The highest BCUT2D eigenvalue weighted by Gasteiger charge is 2.18. The highest BCUT2D eigenvalue weighted by Crippen LogP contribution is 2.35. The number of sulfone groups is 1. The largest absolute Gasteiger partial charge is 0.508 e. The van der Waals surface area contributed by atoms with Crippen LogP contribution in [-0.4, -0.2) is 42.9 Å². The van der Waals surface area contributed by atoms with E-state index in [9.17, 15) is 18.3 Å². The Kier molecular flexibility index (Phi) is 6.80. The molecule has 2 aromatic carbocycles. The van der Waals surface area contributed by atoms with Crippen LogP contribution >= 0.6 is 0 Å². The number of fused-ring (bicyclic) bond motifs is 1. The molecule has 0 saturated carbocycles. The Bertz CT molecular complexity index is 1220. The van der Waals surface area contributed by atoms with Crippen LogP contribution in [0.1, 0.15) is 35.7 Å². The number of phenolic OH excluding ortho intramolecular Hbond substituents is 1. The Hall–Kier alpha value is -3.13. The summed E-state index contributed by atoms with van der Waals surface area (Å²) in [5, 5.41) is 13.7. The van der Waals surface area contributed by atoms with Crippen LogP contribution in [0.3, 0.4) is 0 Å². The van der Waals surface area contributed by atoms with Crippen molar-refractivity contribution in [2.24, 2.45) is 0 Å². The zero-order chi connectivity index (χ0) is 22.6. The molecule has 0 radical (unpaired) electrons. The van der Waals surface area contributed by atoms with Gasteiger partial charge in [0, 0.05) is 29.9 Å². The van der Waals surface area contributed by atoms with Crippen molar-refractivity contribution in [3.05, 3.63) is 53.7 Å². The number of nitrogens with zero attached hydrogens (tertiary/aromatic N) is 1. The van der Waals surface area contributed by atoms with E-state index in [0.29, 0.717) is 40.7 Å². The molecule has 0 amide bonds. The third-order valence-electron chi connectivity index (χ3n) is 4.82. The van der Waals surface area contributed by atoms with E-state index in [1.807, 2.05) is 19.9 Å². The average Bonchev–Trinajstić information content (AvgIpc) is 2.69. The quantitative estimate of drug-likeness (QED) is 0.374. The predicted molar refractivity (Wildman–Crippen MR) is 122 cm³/mol. The Morgan fingerprint density at radius 1 is 1.23 bits per heavy atom. The Labute approximate surface area is 182 Å². The van der Waals surface area contributed by atoms with Crippen LogP contribution in [0.2, 0.25) is 0 Å². The number of aromatic hydroxyl groups is 1. The van der Waals surface area contributed by atoms with Crippen LogP contribution in [0.15, 0.2) is 42.6 Å². The van der Waals surface area contributed by atoms with Crippen LogP contribution in [0.4, 0.5) is 11.4 Å². The lowest BCUT2D eigenvalue weighted by molar-refractivity contribution is 0.0982. The first-order valence-corrected chi connectivity index (χ1v) is 12.1. The second-order valence-corrected chi connectivity index (χ2v) is 9.73. The van der Waals surface area contributed by atoms with Gasteiger partial charge < -0.3 is 15.2 Å². The summed E-state index contributed by atoms with van der Waals surface area (Å²) in [5.74, 6) is 0.473. The number of ketones is 1. The molecule has 8 heteroatoms. The molecule has 164 valence electrons. The second-order valence-electron chi connectivity index (χ2n) is 7.47. The zero-order valence-corrected chi connectivity index (χ0v) is 18.6. The highest BCUT2D eigenvalue weighted by molar-refractivity contribution is 7.90. The van der Waals surface area contributed by atoms with Gasteiger partial charge in [0.2, 0.25) is 0 Å². The molecule has 7 nitrogen and oxygen atoms in total. The van der Waals surface area contributed by atoms with Crippen LogP contribution in [0.5, 0.6) is 11.5 Å². The molecule has 0 aliphatic rings. The van der Waals surface area contributed by atoms with Crippen molar-refractivity contribution in [2.45, 2.75) is 26.7 Å². The first kappa shape index (κ1) is 22.6. The van der Waals surface area contributed by atoms with Gasteiger partial charge in [-0.1, -0.05) is 19.1 Å². The van der Waals surface area contributed by atoms with E-state index >= 15 is 0 Å². The van der Waals surface area contributed by atoms with E-state index in [4.69, 9.17) is 4.74 Å². The van der Waals surface area contributed by atoms with Crippen molar-refractivity contribution in [1.82, 2.24) is 4.98 Å². The molecule has 0 saturated heterocycles. The number of nitrogens with one attached hydrogen (secondary N) is 1. The number of ether oxygens (including phenoxy) is 1. The van der Waals surface area contributed by atoms with Gasteiger partial charge in [-0.05, 0) is 43.2 Å². The van der Waals surface area contributed by atoms with Crippen LogP contribution in [0.25, 0.3) is 10.9 Å². The summed E-state index contributed by atoms with van der Waals surface area (Å²) < 4.78 is 28.5. The summed E-state index contributed by atoms with van der Waals surface area (Å²) in [6.45, 7) is 3.81. The molecule has 0 aliphatic carbocycles. The Morgan fingerprint density at radius 2 is 2.00 bits per heavy atom. The number of benzene rings is 2.